The molecule has 0 fully saturated rings. The molecule has 4 nitrogen and oxygen atoms in total. The molecule has 0 aliphatic heterocycles. The van der Waals surface area contributed by atoms with Crippen molar-refractivity contribution in [1.82, 2.24) is 4.57 Å². The van der Waals surface area contributed by atoms with Crippen LogP contribution in [0.15, 0.2) is 59.5 Å². The van der Waals surface area contributed by atoms with E-state index in [1.807, 2.05) is 13.0 Å². The van der Waals surface area contributed by atoms with Gasteiger partial charge in [0.25, 0.3) is 5.56 Å². The van der Waals surface area contributed by atoms with E-state index in [0.717, 1.165) is 11.1 Å². The fourth-order valence-corrected chi connectivity index (χ4v) is 1.89. The van der Waals surface area contributed by atoms with E-state index >= 15 is 0 Å². The largest absolute Gasteiger partial charge is 0.484 e. The number of nitrogens with zero attached hydrogens (tertiary/aromatic N) is 2. The molecular formula is C17H16N2O2. The first-order valence-electron chi connectivity index (χ1n) is 6.56. The third-order valence-electron chi connectivity index (χ3n) is 2.87. The number of aromatic nitrogens is 1. The van der Waals surface area contributed by atoms with Gasteiger partial charge in [-0.25, -0.2) is 0 Å². The summed E-state index contributed by atoms with van der Waals surface area (Å²) in [5, 5.41) is 8.90. The van der Waals surface area contributed by atoms with Crippen molar-refractivity contribution in [1.29, 1.82) is 5.26 Å². The van der Waals surface area contributed by atoms with Crippen molar-refractivity contribution in [3.8, 4) is 11.8 Å². The van der Waals surface area contributed by atoms with Crippen LogP contribution in [0.5, 0.6) is 5.75 Å². The molecule has 0 saturated heterocycles. The van der Waals surface area contributed by atoms with Gasteiger partial charge in [0.1, 0.15) is 6.61 Å². The minimum Gasteiger partial charge on any atom is -0.484 e. The number of hydrogen-bond donors (Lipinski definition) is 0. The Hall–Kier alpha value is -2.80. The maximum atomic E-state index is 12.3. The van der Waals surface area contributed by atoms with Crippen molar-refractivity contribution in [3.05, 3.63) is 76.2 Å². The molecule has 4 heteroatoms. The number of benzene rings is 1. The molecule has 0 aliphatic carbocycles. The molecular weight excluding hydrogens is 264 g/mol. The molecule has 0 radical (unpaired) electrons. The van der Waals surface area contributed by atoms with E-state index in [1.54, 1.807) is 41.1 Å². The summed E-state index contributed by atoms with van der Waals surface area (Å²) in [7, 11) is 0. The van der Waals surface area contributed by atoms with Gasteiger partial charge in [-0.1, -0.05) is 18.7 Å². The number of ether oxygens (including phenoxy) is 1. The normalized spacial score (nSPS) is 9.90. The number of nitriles is 1. The lowest BCUT2D eigenvalue weighted by atomic mass is 10.1. The van der Waals surface area contributed by atoms with E-state index in [9.17, 15) is 4.79 Å². The van der Waals surface area contributed by atoms with Gasteiger partial charge in [0.2, 0.25) is 0 Å². The predicted octanol–water partition coefficient (Wildman–Crippen LogP) is 2.72. The van der Waals surface area contributed by atoms with Crippen molar-refractivity contribution in [3.63, 3.8) is 0 Å². The quantitative estimate of drug-likeness (QED) is 0.791. The third kappa shape index (κ3) is 3.83. The van der Waals surface area contributed by atoms with Gasteiger partial charge in [-0.3, -0.25) is 4.79 Å². The predicted molar refractivity (Wildman–Crippen MR) is 81.3 cm³/mol. The fourth-order valence-electron chi connectivity index (χ4n) is 1.89. The van der Waals surface area contributed by atoms with Gasteiger partial charge in [0.05, 0.1) is 18.2 Å². The summed E-state index contributed by atoms with van der Waals surface area (Å²) in [6.45, 7) is 6.31. The van der Waals surface area contributed by atoms with E-state index in [1.165, 1.54) is 0 Å². The van der Waals surface area contributed by atoms with E-state index in [-0.39, 0.29) is 5.56 Å². The standard InChI is InChI=1S/C17H16N2O2/c1-13(2)12-21-16-7-4-8-19(17(16)20)11-15-6-3-5-14(9-15)10-18/h3-9H,1,11-12H2,2H3. The Morgan fingerprint density at radius 3 is 2.90 bits per heavy atom. The molecule has 0 unspecified atom stereocenters. The second-order valence-corrected chi connectivity index (χ2v) is 4.86. The first kappa shape index (κ1) is 14.6. The Morgan fingerprint density at radius 2 is 2.19 bits per heavy atom. The van der Waals surface area contributed by atoms with Crippen molar-refractivity contribution in [2.75, 3.05) is 6.61 Å². The second kappa shape index (κ2) is 6.58. The smallest absolute Gasteiger partial charge is 0.293 e. The summed E-state index contributed by atoms with van der Waals surface area (Å²) in [5.41, 5.74) is 2.14. The Morgan fingerprint density at radius 1 is 1.38 bits per heavy atom. The van der Waals surface area contributed by atoms with Gasteiger partial charge in [-0.2, -0.15) is 5.26 Å². The van der Waals surface area contributed by atoms with Crippen LogP contribution in [0.4, 0.5) is 0 Å². The van der Waals surface area contributed by atoms with Gasteiger partial charge in [-0.15, -0.1) is 0 Å². The summed E-state index contributed by atoms with van der Waals surface area (Å²) in [6.07, 6.45) is 1.70. The van der Waals surface area contributed by atoms with Crippen molar-refractivity contribution in [2.24, 2.45) is 0 Å². The van der Waals surface area contributed by atoms with Gasteiger partial charge >= 0.3 is 0 Å². The Balaban J connectivity index is 2.24. The van der Waals surface area contributed by atoms with Crippen molar-refractivity contribution in [2.45, 2.75) is 13.5 Å². The Kier molecular flexibility index (Phi) is 4.57. The number of hydrogen-bond acceptors (Lipinski definition) is 3. The molecule has 0 bridgehead atoms. The lowest BCUT2D eigenvalue weighted by Gasteiger charge is -2.09. The summed E-state index contributed by atoms with van der Waals surface area (Å²) in [6, 6.07) is 12.7. The number of rotatable bonds is 5. The lowest BCUT2D eigenvalue weighted by Crippen LogP contribution is -2.22. The molecule has 106 valence electrons. The average molecular weight is 280 g/mol. The zero-order valence-corrected chi connectivity index (χ0v) is 11.9. The maximum Gasteiger partial charge on any atom is 0.293 e. The van der Waals surface area contributed by atoms with Crippen LogP contribution in [0.2, 0.25) is 0 Å². The first-order valence-corrected chi connectivity index (χ1v) is 6.56. The highest BCUT2D eigenvalue weighted by molar-refractivity contribution is 5.33. The fraction of sp³-hybridized carbons (Fsp3) is 0.176. The summed E-state index contributed by atoms with van der Waals surface area (Å²) < 4.78 is 7.00. The van der Waals surface area contributed by atoms with E-state index < -0.39 is 0 Å². The highest BCUT2D eigenvalue weighted by atomic mass is 16.5. The van der Waals surface area contributed by atoms with Gasteiger partial charge < -0.3 is 9.30 Å². The van der Waals surface area contributed by atoms with E-state index in [0.29, 0.717) is 24.5 Å². The molecule has 1 heterocycles. The molecule has 1 aromatic heterocycles. The zero-order valence-electron chi connectivity index (χ0n) is 11.9. The van der Waals surface area contributed by atoms with Crippen LogP contribution >= 0.6 is 0 Å². The minimum atomic E-state index is -0.193. The minimum absolute atomic E-state index is 0.193. The van der Waals surface area contributed by atoms with Gasteiger partial charge in [0, 0.05) is 6.20 Å². The summed E-state index contributed by atoms with van der Waals surface area (Å²) >= 11 is 0. The van der Waals surface area contributed by atoms with Crippen LogP contribution < -0.4 is 10.3 Å². The van der Waals surface area contributed by atoms with Crippen LogP contribution in [-0.4, -0.2) is 11.2 Å². The first-order chi connectivity index (χ1) is 10.1. The molecule has 0 N–H and O–H groups in total. The molecule has 1 aromatic carbocycles. The van der Waals surface area contributed by atoms with Gasteiger partial charge in [-0.05, 0) is 42.3 Å². The molecule has 0 spiro atoms. The highest BCUT2D eigenvalue weighted by Gasteiger charge is 2.05. The maximum absolute atomic E-state index is 12.3. The molecule has 2 aromatic rings. The number of pyridine rings is 1. The monoisotopic (exact) mass is 280 g/mol. The molecule has 21 heavy (non-hydrogen) atoms. The van der Waals surface area contributed by atoms with Crippen LogP contribution in [-0.2, 0) is 6.54 Å². The molecule has 0 saturated carbocycles. The van der Waals surface area contributed by atoms with Crippen LogP contribution in [0.25, 0.3) is 0 Å². The van der Waals surface area contributed by atoms with E-state index in [4.69, 9.17) is 10.00 Å². The van der Waals surface area contributed by atoms with Crippen LogP contribution in [0, 0.1) is 11.3 Å². The van der Waals surface area contributed by atoms with E-state index in [2.05, 4.69) is 12.6 Å². The van der Waals surface area contributed by atoms with Crippen LogP contribution in [0.3, 0.4) is 0 Å². The van der Waals surface area contributed by atoms with Crippen LogP contribution in [0.1, 0.15) is 18.1 Å². The van der Waals surface area contributed by atoms with Crippen molar-refractivity contribution >= 4 is 0 Å². The lowest BCUT2D eigenvalue weighted by molar-refractivity contribution is 0.344. The van der Waals surface area contributed by atoms with Crippen molar-refractivity contribution < 1.29 is 4.74 Å². The highest BCUT2D eigenvalue weighted by Crippen LogP contribution is 2.08. The molecule has 2 rings (SSSR count). The topological polar surface area (TPSA) is 55.0 Å². The Labute approximate surface area is 123 Å². The van der Waals surface area contributed by atoms with Gasteiger partial charge in [0.15, 0.2) is 5.75 Å². The average Bonchev–Trinajstić information content (AvgIpc) is 2.48. The molecule has 0 aliphatic rings. The molecule has 0 amide bonds. The summed E-state index contributed by atoms with van der Waals surface area (Å²) in [4.78, 5) is 12.3. The summed E-state index contributed by atoms with van der Waals surface area (Å²) in [5.74, 6) is 0.303. The third-order valence-corrected chi connectivity index (χ3v) is 2.87. The zero-order chi connectivity index (χ0) is 15.2. The SMILES string of the molecule is C=C(C)COc1cccn(Cc2cccc(C#N)c2)c1=O. The molecule has 0 atom stereocenters. The second-order valence-electron chi connectivity index (χ2n) is 4.86. The Bertz CT molecular complexity index is 754.